The molecule has 0 bridgehead atoms. The van der Waals surface area contributed by atoms with Crippen LogP contribution >= 0.6 is 11.6 Å². The summed E-state index contributed by atoms with van der Waals surface area (Å²) < 4.78 is 29.9. The van der Waals surface area contributed by atoms with E-state index in [-0.39, 0.29) is 9.92 Å². The molecule has 2 rings (SSSR count). The lowest BCUT2D eigenvalue weighted by atomic mass is 10.2. The predicted octanol–water partition coefficient (Wildman–Crippen LogP) is 0.585. The van der Waals surface area contributed by atoms with Crippen molar-refractivity contribution in [1.82, 2.24) is 15.2 Å². The zero-order valence-electron chi connectivity index (χ0n) is 11.2. The van der Waals surface area contributed by atoms with E-state index in [0.717, 1.165) is 5.56 Å². The Kier molecular flexibility index (Phi) is 5.36. The summed E-state index contributed by atoms with van der Waals surface area (Å²) in [5.74, 6) is 0. The molecule has 1 aliphatic rings. The molecule has 0 atom stereocenters. The number of benzene rings is 1. The second kappa shape index (κ2) is 6.84. The summed E-state index contributed by atoms with van der Waals surface area (Å²) >= 11 is 6.02. The van der Waals surface area contributed by atoms with E-state index in [9.17, 15) is 8.42 Å². The zero-order chi connectivity index (χ0) is 14.6. The van der Waals surface area contributed by atoms with Gasteiger partial charge in [0.05, 0.1) is 18.2 Å². The Hall–Kier alpha value is -0.700. The van der Waals surface area contributed by atoms with E-state index in [1.54, 1.807) is 30.3 Å². The normalized spacial score (nSPS) is 17.3. The van der Waals surface area contributed by atoms with Gasteiger partial charge in [-0.15, -0.1) is 4.83 Å². The number of ether oxygens (including phenoxy) is 1. The van der Waals surface area contributed by atoms with Crippen LogP contribution in [0.2, 0.25) is 5.02 Å². The lowest BCUT2D eigenvalue weighted by Gasteiger charge is -2.26. The third-order valence-corrected chi connectivity index (χ3v) is 4.78. The number of nitrogens with one attached hydrogen (secondary N) is 2. The zero-order valence-corrected chi connectivity index (χ0v) is 12.8. The van der Waals surface area contributed by atoms with Gasteiger partial charge in [0.15, 0.2) is 0 Å². The summed E-state index contributed by atoms with van der Waals surface area (Å²) in [6.07, 6.45) is 0. The minimum atomic E-state index is -3.67. The van der Waals surface area contributed by atoms with Crippen molar-refractivity contribution in [2.45, 2.75) is 11.4 Å². The third kappa shape index (κ3) is 3.91. The number of halogens is 1. The largest absolute Gasteiger partial charge is 0.379 e. The lowest BCUT2D eigenvalue weighted by molar-refractivity contribution is 0.0272. The average molecular weight is 320 g/mol. The smallest absolute Gasteiger partial charge is 0.254 e. The van der Waals surface area contributed by atoms with Gasteiger partial charge in [-0.1, -0.05) is 17.7 Å². The first-order valence-electron chi connectivity index (χ1n) is 6.31. The van der Waals surface area contributed by atoms with Crippen LogP contribution in [0.5, 0.6) is 0 Å². The highest BCUT2D eigenvalue weighted by Gasteiger charge is 2.22. The van der Waals surface area contributed by atoms with Gasteiger partial charge in [-0.2, -0.15) is 0 Å². The molecular formula is C12H18ClN3O3S. The van der Waals surface area contributed by atoms with Crippen LogP contribution in [0.25, 0.3) is 0 Å². The standard InChI is InChI=1S/C12H18ClN3O3S/c1-14-9-10-2-3-11(13)12(8-10)20(17,18)15-16-4-6-19-7-5-16/h2-3,8,14-15H,4-7,9H2,1H3. The van der Waals surface area contributed by atoms with E-state index in [1.165, 1.54) is 0 Å². The number of hydrogen-bond acceptors (Lipinski definition) is 5. The van der Waals surface area contributed by atoms with Crippen molar-refractivity contribution in [3.8, 4) is 0 Å². The molecular weight excluding hydrogens is 302 g/mol. The Morgan fingerprint density at radius 3 is 2.70 bits per heavy atom. The highest BCUT2D eigenvalue weighted by Crippen LogP contribution is 2.22. The Labute approximate surface area is 124 Å². The van der Waals surface area contributed by atoms with Gasteiger partial charge in [-0.05, 0) is 24.7 Å². The minimum absolute atomic E-state index is 0.0957. The summed E-state index contributed by atoms with van der Waals surface area (Å²) in [5, 5.41) is 4.82. The maximum Gasteiger partial charge on any atom is 0.254 e. The highest BCUT2D eigenvalue weighted by atomic mass is 35.5. The van der Waals surface area contributed by atoms with Crippen LogP contribution in [0.4, 0.5) is 0 Å². The molecule has 1 saturated heterocycles. The van der Waals surface area contributed by atoms with Gasteiger partial charge in [-0.3, -0.25) is 0 Å². The van der Waals surface area contributed by atoms with Crippen LogP contribution in [0.15, 0.2) is 23.1 Å². The predicted molar refractivity (Wildman–Crippen MR) is 76.9 cm³/mol. The van der Waals surface area contributed by atoms with E-state index < -0.39 is 10.0 Å². The van der Waals surface area contributed by atoms with E-state index in [2.05, 4.69) is 10.1 Å². The van der Waals surface area contributed by atoms with Crippen molar-refractivity contribution in [3.05, 3.63) is 28.8 Å². The molecule has 0 spiro atoms. The maximum absolute atomic E-state index is 12.4. The van der Waals surface area contributed by atoms with Gasteiger partial charge in [0.25, 0.3) is 10.0 Å². The SMILES string of the molecule is CNCc1ccc(Cl)c(S(=O)(=O)NN2CCOCC2)c1. The first kappa shape index (κ1) is 15.7. The van der Waals surface area contributed by atoms with Crippen LogP contribution in [0.3, 0.4) is 0 Å². The van der Waals surface area contributed by atoms with Crippen molar-refractivity contribution < 1.29 is 13.2 Å². The minimum Gasteiger partial charge on any atom is -0.379 e. The molecule has 0 saturated carbocycles. The first-order chi connectivity index (χ1) is 9.53. The fourth-order valence-electron chi connectivity index (χ4n) is 1.94. The molecule has 6 nitrogen and oxygen atoms in total. The summed E-state index contributed by atoms with van der Waals surface area (Å²) in [4.78, 5) is 2.64. The van der Waals surface area contributed by atoms with E-state index in [1.807, 2.05) is 0 Å². The topological polar surface area (TPSA) is 70.7 Å². The molecule has 20 heavy (non-hydrogen) atoms. The van der Waals surface area contributed by atoms with Gasteiger partial charge in [0.1, 0.15) is 4.90 Å². The van der Waals surface area contributed by atoms with E-state index in [4.69, 9.17) is 16.3 Å². The molecule has 2 N–H and O–H groups in total. The van der Waals surface area contributed by atoms with Crippen LogP contribution in [0, 0.1) is 0 Å². The molecule has 1 aromatic carbocycles. The number of morpholine rings is 1. The number of hydrazine groups is 1. The molecule has 112 valence electrons. The summed E-state index contributed by atoms with van der Waals surface area (Å²) in [5.41, 5.74) is 0.860. The second-order valence-electron chi connectivity index (χ2n) is 4.49. The molecule has 0 radical (unpaired) electrons. The molecule has 0 amide bonds. The van der Waals surface area contributed by atoms with Gasteiger partial charge in [0, 0.05) is 19.6 Å². The lowest BCUT2D eigenvalue weighted by Crippen LogP contribution is -2.48. The van der Waals surface area contributed by atoms with Crippen LogP contribution in [-0.2, 0) is 21.3 Å². The van der Waals surface area contributed by atoms with Gasteiger partial charge in [0.2, 0.25) is 0 Å². The fourth-order valence-corrected chi connectivity index (χ4v) is 3.62. The number of hydrogen-bond donors (Lipinski definition) is 2. The molecule has 0 aliphatic carbocycles. The summed E-state index contributed by atoms with van der Waals surface area (Å²) in [6.45, 7) is 2.64. The number of rotatable bonds is 5. The van der Waals surface area contributed by atoms with Crippen molar-refractivity contribution in [2.75, 3.05) is 33.4 Å². The molecule has 0 unspecified atom stereocenters. The molecule has 1 aliphatic heterocycles. The first-order valence-corrected chi connectivity index (χ1v) is 8.17. The quantitative estimate of drug-likeness (QED) is 0.831. The average Bonchev–Trinajstić information content (AvgIpc) is 2.42. The molecule has 1 fully saturated rings. The van der Waals surface area contributed by atoms with Crippen molar-refractivity contribution in [1.29, 1.82) is 0 Å². The number of nitrogens with zero attached hydrogens (tertiary/aromatic N) is 1. The van der Waals surface area contributed by atoms with Crippen LogP contribution in [0.1, 0.15) is 5.56 Å². The van der Waals surface area contributed by atoms with Crippen LogP contribution in [-0.4, -0.2) is 46.8 Å². The van der Waals surface area contributed by atoms with Gasteiger partial charge in [-0.25, -0.2) is 13.4 Å². The van der Waals surface area contributed by atoms with E-state index >= 15 is 0 Å². The van der Waals surface area contributed by atoms with Crippen molar-refractivity contribution >= 4 is 21.6 Å². The highest BCUT2D eigenvalue weighted by molar-refractivity contribution is 7.89. The Morgan fingerprint density at radius 2 is 2.05 bits per heavy atom. The Bertz CT molecular complexity index is 559. The van der Waals surface area contributed by atoms with Crippen molar-refractivity contribution in [2.24, 2.45) is 0 Å². The molecule has 0 aromatic heterocycles. The van der Waals surface area contributed by atoms with E-state index in [0.29, 0.717) is 32.8 Å². The van der Waals surface area contributed by atoms with Gasteiger partial charge >= 0.3 is 0 Å². The Balaban J connectivity index is 2.21. The fraction of sp³-hybridized carbons (Fsp3) is 0.500. The Morgan fingerprint density at radius 1 is 1.35 bits per heavy atom. The second-order valence-corrected chi connectivity index (χ2v) is 6.53. The third-order valence-electron chi connectivity index (χ3n) is 2.93. The maximum atomic E-state index is 12.4. The summed E-state index contributed by atoms with van der Waals surface area (Å²) in [7, 11) is -1.87. The molecule has 1 aromatic rings. The van der Waals surface area contributed by atoms with Crippen molar-refractivity contribution in [3.63, 3.8) is 0 Å². The molecule has 8 heteroatoms. The van der Waals surface area contributed by atoms with Gasteiger partial charge < -0.3 is 10.1 Å². The molecule has 1 heterocycles. The van der Waals surface area contributed by atoms with Crippen LogP contribution < -0.4 is 10.1 Å². The monoisotopic (exact) mass is 319 g/mol. The summed E-state index contributed by atoms with van der Waals surface area (Å²) in [6, 6.07) is 4.98. The number of sulfonamides is 1.